The number of carbonyl (C=O) groups excluding carboxylic acids is 1. The SMILES string of the molecule is CC(=O)NCCOCCOCCOCCOCCOCCC(=O)O. The summed E-state index contributed by atoms with van der Waals surface area (Å²) in [5, 5.41) is 11.0. The van der Waals surface area contributed by atoms with Gasteiger partial charge in [-0.1, -0.05) is 0 Å². The van der Waals surface area contributed by atoms with Gasteiger partial charge in [-0.15, -0.1) is 0 Å². The van der Waals surface area contributed by atoms with Gasteiger partial charge in [-0.3, -0.25) is 9.59 Å². The zero-order valence-corrected chi connectivity index (χ0v) is 14.3. The molecule has 1 amide bonds. The Labute approximate surface area is 142 Å². The zero-order chi connectivity index (χ0) is 17.9. The smallest absolute Gasteiger partial charge is 0.305 e. The molecule has 0 spiro atoms. The molecular formula is C15H29NO8. The summed E-state index contributed by atoms with van der Waals surface area (Å²) in [7, 11) is 0. The number of carboxylic acid groups (broad SMARTS) is 1. The Balaban J connectivity index is 3.00. The van der Waals surface area contributed by atoms with E-state index >= 15 is 0 Å². The quantitative estimate of drug-likeness (QED) is 0.323. The molecule has 0 aromatic carbocycles. The predicted molar refractivity (Wildman–Crippen MR) is 85.0 cm³/mol. The lowest BCUT2D eigenvalue weighted by Crippen LogP contribution is -2.25. The van der Waals surface area contributed by atoms with Gasteiger partial charge in [0.2, 0.25) is 5.91 Å². The first-order valence-electron chi connectivity index (χ1n) is 7.98. The Hall–Kier alpha value is -1.26. The first kappa shape index (κ1) is 22.7. The summed E-state index contributed by atoms with van der Waals surface area (Å²) in [4.78, 5) is 20.8. The standard InChI is InChI=1S/C15H29NO8/c1-14(17)16-3-5-21-7-9-23-11-13-24-12-10-22-8-6-20-4-2-15(18)19/h2-13H2,1H3,(H,16,17)(H,18,19). The molecule has 0 aliphatic heterocycles. The van der Waals surface area contributed by atoms with Crippen molar-refractivity contribution < 1.29 is 38.4 Å². The van der Waals surface area contributed by atoms with Gasteiger partial charge >= 0.3 is 5.97 Å². The van der Waals surface area contributed by atoms with Crippen molar-refractivity contribution >= 4 is 11.9 Å². The number of nitrogens with one attached hydrogen (secondary N) is 1. The van der Waals surface area contributed by atoms with Crippen molar-refractivity contribution in [3.8, 4) is 0 Å². The van der Waals surface area contributed by atoms with Gasteiger partial charge in [-0.25, -0.2) is 0 Å². The fraction of sp³-hybridized carbons (Fsp3) is 0.867. The third kappa shape index (κ3) is 20.7. The molecule has 142 valence electrons. The van der Waals surface area contributed by atoms with Gasteiger partial charge in [0.15, 0.2) is 0 Å². The molecular weight excluding hydrogens is 322 g/mol. The molecule has 0 heterocycles. The molecule has 0 aromatic rings. The maximum absolute atomic E-state index is 10.6. The number of amides is 1. The molecule has 0 rings (SSSR count). The minimum Gasteiger partial charge on any atom is -0.481 e. The number of ether oxygens (including phenoxy) is 5. The van der Waals surface area contributed by atoms with Crippen molar-refractivity contribution in [2.45, 2.75) is 13.3 Å². The average Bonchev–Trinajstić information content (AvgIpc) is 2.53. The molecule has 0 fully saturated rings. The van der Waals surface area contributed by atoms with E-state index in [0.29, 0.717) is 66.0 Å². The van der Waals surface area contributed by atoms with Gasteiger partial charge < -0.3 is 34.1 Å². The van der Waals surface area contributed by atoms with Gasteiger partial charge in [0.25, 0.3) is 0 Å². The Kier molecular flexibility index (Phi) is 17.1. The van der Waals surface area contributed by atoms with Crippen molar-refractivity contribution in [1.29, 1.82) is 0 Å². The molecule has 0 aliphatic rings. The van der Waals surface area contributed by atoms with E-state index in [1.807, 2.05) is 0 Å². The summed E-state index contributed by atoms with van der Waals surface area (Å²) in [5.41, 5.74) is 0. The molecule has 2 N–H and O–H groups in total. The number of carboxylic acids is 1. The minimum absolute atomic E-state index is 0.00343. The van der Waals surface area contributed by atoms with Crippen LogP contribution in [0.15, 0.2) is 0 Å². The van der Waals surface area contributed by atoms with Crippen LogP contribution in [0.4, 0.5) is 0 Å². The van der Waals surface area contributed by atoms with Crippen LogP contribution in [0.1, 0.15) is 13.3 Å². The fourth-order valence-electron chi connectivity index (χ4n) is 1.44. The highest BCUT2D eigenvalue weighted by Gasteiger charge is 1.96. The lowest BCUT2D eigenvalue weighted by Gasteiger charge is -2.08. The Morgan fingerprint density at radius 3 is 1.46 bits per heavy atom. The highest BCUT2D eigenvalue weighted by molar-refractivity contribution is 5.72. The largest absolute Gasteiger partial charge is 0.481 e. The molecule has 0 saturated carbocycles. The summed E-state index contributed by atoms with van der Waals surface area (Å²) < 4.78 is 26.2. The Morgan fingerprint density at radius 1 is 0.708 bits per heavy atom. The topological polar surface area (TPSA) is 113 Å². The van der Waals surface area contributed by atoms with E-state index in [4.69, 9.17) is 28.8 Å². The molecule has 0 aliphatic carbocycles. The molecule has 0 radical (unpaired) electrons. The summed E-state index contributed by atoms with van der Waals surface area (Å²) in [5.74, 6) is -0.940. The summed E-state index contributed by atoms with van der Waals surface area (Å²) in [6.07, 6.45) is 0.00343. The van der Waals surface area contributed by atoms with Crippen LogP contribution in [0, 0.1) is 0 Å². The van der Waals surface area contributed by atoms with Crippen LogP contribution in [0.5, 0.6) is 0 Å². The maximum Gasteiger partial charge on any atom is 0.305 e. The normalized spacial score (nSPS) is 10.7. The molecule has 0 atom stereocenters. The van der Waals surface area contributed by atoms with Crippen LogP contribution in [0.25, 0.3) is 0 Å². The van der Waals surface area contributed by atoms with Crippen molar-refractivity contribution in [2.24, 2.45) is 0 Å². The van der Waals surface area contributed by atoms with Gasteiger partial charge in [-0.2, -0.15) is 0 Å². The van der Waals surface area contributed by atoms with Gasteiger partial charge in [0, 0.05) is 13.5 Å². The first-order valence-corrected chi connectivity index (χ1v) is 7.98. The summed E-state index contributed by atoms with van der Waals surface area (Å²) >= 11 is 0. The van der Waals surface area contributed by atoms with E-state index in [1.165, 1.54) is 6.92 Å². The van der Waals surface area contributed by atoms with Crippen LogP contribution in [-0.2, 0) is 33.3 Å². The highest BCUT2D eigenvalue weighted by Crippen LogP contribution is 1.85. The van der Waals surface area contributed by atoms with Crippen molar-refractivity contribution in [1.82, 2.24) is 5.32 Å². The van der Waals surface area contributed by atoms with Crippen LogP contribution in [0.2, 0.25) is 0 Å². The van der Waals surface area contributed by atoms with E-state index in [2.05, 4.69) is 5.32 Å². The number of hydrogen-bond acceptors (Lipinski definition) is 7. The third-order valence-corrected chi connectivity index (χ3v) is 2.57. The average molecular weight is 351 g/mol. The first-order chi connectivity index (χ1) is 11.6. The predicted octanol–water partition coefficient (Wildman–Crippen LogP) is -0.320. The second-order valence-electron chi connectivity index (χ2n) is 4.69. The highest BCUT2D eigenvalue weighted by atomic mass is 16.6. The van der Waals surface area contributed by atoms with Crippen molar-refractivity contribution in [2.75, 3.05) is 72.6 Å². The van der Waals surface area contributed by atoms with E-state index < -0.39 is 5.97 Å². The molecule has 0 aromatic heterocycles. The van der Waals surface area contributed by atoms with E-state index in [-0.39, 0.29) is 18.9 Å². The lowest BCUT2D eigenvalue weighted by atomic mass is 10.5. The number of rotatable bonds is 18. The molecule has 0 saturated heterocycles. The van der Waals surface area contributed by atoms with E-state index in [1.54, 1.807) is 0 Å². The zero-order valence-electron chi connectivity index (χ0n) is 14.3. The lowest BCUT2D eigenvalue weighted by molar-refractivity contribution is -0.138. The second-order valence-corrected chi connectivity index (χ2v) is 4.69. The molecule has 0 bridgehead atoms. The molecule has 24 heavy (non-hydrogen) atoms. The van der Waals surface area contributed by atoms with E-state index in [9.17, 15) is 9.59 Å². The Bertz CT molecular complexity index is 284. The van der Waals surface area contributed by atoms with Crippen molar-refractivity contribution in [3.63, 3.8) is 0 Å². The fourth-order valence-corrected chi connectivity index (χ4v) is 1.44. The van der Waals surface area contributed by atoms with Crippen LogP contribution in [-0.4, -0.2) is 89.6 Å². The molecule has 9 heteroatoms. The monoisotopic (exact) mass is 351 g/mol. The Morgan fingerprint density at radius 2 is 1.08 bits per heavy atom. The minimum atomic E-state index is -0.872. The molecule has 9 nitrogen and oxygen atoms in total. The van der Waals surface area contributed by atoms with Gasteiger partial charge in [0.1, 0.15) is 0 Å². The number of aliphatic carboxylic acids is 1. The van der Waals surface area contributed by atoms with Crippen LogP contribution < -0.4 is 5.32 Å². The van der Waals surface area contributed by atoms with Gasteiger partial charge in [-0.05, 0) is 0 Å². The third-order valence-electron chi connectivity index (χ3n) is 2.57. The maximum atomic E-state index is 10.6. The van der Waals surface area contributed by atoms with Crippen molar-refractivity contribution in [3.05, 3.63) is 0 Å². The second kappa shape index (κ2) is 18.1. The summed E-state index contributed by atoms with van der Waals surface area (Å²) in [6.45, 7) is 6.25. The van der Waals surface area contributed by atoms with Gasteiger partial charge in [0.05, 0.1) is 72.5 Å². The molecule has 0 unspecified atom stereocenters. The summed E-state index contributed by atoms with van der Waals surface area (Å²) in [6, 6.07) is 0. The van der Waals surface area contributed by atoms with E-state index in [0.717, 1.165) is 0 Å². The number of hydrogen-bond donors (Lipinski definition) is 2. The number of carbonyl (C=O) groups is 2. The van der Waals surface area contributed by atoms with Crippen LogP contribution in [0.3, 0.4) is 0 Å². The van der Waals surface area contributed by atoms with Crippen LogP contribution >= 0.6 is 0 Å².